The normalized spacial score (nSPS) is 11.4. The minimum atomic E-state index is -1.08. The Morgan fingerprint density at radius 2 is 2.37 bits per heavy atom. The molecular formula is C13H16N2O4. The Morgan fingerprint density at radius 1 is 1.63 bits per heavy atom. The molecule has 1 heterocycles. The maximum Gasteiger partial charge on any atom is 0.326 e. The van der Waals surface area contributed by atoms with E-state index in [0.717, 1.165) is 0 Å². The first-order valence-corrected chi connectivity index (χ1v) is 5.82. The highest BCUT2D eigenvalue weighted by atomic mass is 16.5. The van der Waals surface area contributed by atoms with E-state index >= 15 is 0 Å². The molecule has 1 atom stereocenters. The molecule has 0 fully saturated rings. The average Bonchev–Trinajstić information content (AvgIpc) is 2.42. The minimum Gasteiger partial charge on any atom is -0.487 e. The van der Waals surface area contributed by atoms with Crippen LogP contribution in [0.15, 0.2) is 31.0 Å². The quantitative estimate of drug-likeness (QED) is 0.723. The van der Waals surface area contributed by atoms with E-state index in [1.807, 2.05) is 0 Å². The lowest BCUT2D eigenvalue weighted by molar-refractivity contribution is -0.139. The monoisotopic (exact) mass is 264 g/mol. The molecule has 6 nitrogen and oxygen atoms in total. The number of aromatic nitrogens is 1. The summed E-state index contributed by atoms with van der Waals surface area (Å²) >= 11 is 0. The highest BCUT2D eigenvalue weighted by Gasteiger charge is 2.21. The van der Waals surface area contributed by atoms with Crippen molar-refractivity contribution in [1.82, 2.24) is 10.3 Å². The van der Waals surface area contributed by atoms with Crippen molar-refractivity contribution in [3.8, 4) is 5.75 Å². The smallest absolute Gasteiger partial charge is 0.326 e. The first-order valence-electron chi connectivity index (χ1n) is 5.82. The van der Waals surface area contributed by atoms with Crippen molar-refractivity contribution in [3.63, 3.8) is 0 Å². The number of hydrogen-bond donors (Lipinski definition) is 2. The van der Waals surface area contributed by atoms with Crippen LogP contribution in [0.25, 0.3) is 0 Å². The maximum atomic E-state index is 12.0. The predicted octanol–water partition coefficient (Wildman–Crippen LogP) is 1.24. The van der Waals surface area contributed by atoms with E-state index < -0.39 is 17.9 Å². The molecule has 6 heteroatoms. The number of carboxylic acid groups (broad SMARTS) is 1. The van der Waals surface area contributed by atoms with Crippen LogP contribution in [0.5, 0.6) is 5.75 Å². The van der Waals surface area contributed by atoms with Gasteiger partial charge in [-0.1, -0.05) is 19.6 Å². The number of pyridine rings is 1. The summed E-state index contributed by atoms with van der Waals surface area (Å²) in [4.78, 5) is 26.7. The van der Waals surface area contributed by atoms with Crippen molar-refractivity contribution in [2.24, 2.45) is 0 Å². The number of carbonyl (C=O) groups excluding carboxylic acids is 1. The number of amides is 1. The lowest BCUT2D eigenvalue weighted by Crippen LogP contribution is -2.40. The van der Waals surface area contributed by atoms with Gasteiger partial charge in [0.25, 0.3) is 5.91 Å². The molecule has 0 aromatic carbocycles. The van der Waals surface area contributed by atoms with Gasteiger partial charge in [0, 0.05) is 6.20 Å². The molecule has 1 unspecified atom stereocenters. The molecule has 2 N–H and O–H groups in total. The second-order valence-corrected chi connectivity index (χ2v) is 3.72. The van der Waals surface area contributed by atoms with Gasteiger partial charge in [-0.25, -0.2) is 9.78 Å². The number of ether oxygens (including phenoxy) is 1. The Labute approximate surface area is 111 Å². The number of carboxylic acids is 1. The molecule has 102 valence electrons. The number of rotatable bonds is 7. The molecule has 0 bridgehead atoms. The van der Waals surface area contributed by atoms with Gasteiger partial charge in [-0.3, -0.25) is 4.79 Å². The summed E-state index contributed by atoms with van der Waals surface area (Å²) in [6, 6.07) is 2.28. The number of nitrogens with one attached hydrogen (secondary N) is 1. The fourth-order valence-electron chi connectivity index (χ4n) is 1.39. The van der Waals surface area contributed by atoms with Gasteiger partial charge >= 0.3 is 5.97 Å². The number of nitrogens with zero attached hydrogens (tertiary/aromatic N) is 1. The van der Waals surface area contributed by atoms with E-state index in [0.29, 0.717) is 5.75 Å². The van der Waals surface area contributed by atoms with E-state index in [9.17, 15) is 9.59 Å². The highest BCUT2D eigenvalue weighted by molar-refractivity contribution is 5.97. The zero-order valence-electron chi connectivity index (χ0n) is 10.6. The predicted molar refractivity (Wildman–Crippen MR) is 69.1 cm³/mol. The van der Waals surface area contributed by atoms with Gasteiger partial charge in [-0.2, -0.15) is 0 Å². The molecule has 19 heavy (non-hydrogen) atoms. The zero-order valence-corrected chi connectivity index (χ0v) is 10.6. The summed E-state index contributed by atoms with van der Waals surface area (Å²) in [5, 5.41) is 11.3. The molecule has 1 rings (SSSR count). The van der Waals surface area contributed by atoms with E-state index in [-0.39, 0.29) is 18.7 Å². The lowest BCUT2D eigenvalue weighted by Gasteiger charge is -2.13. The minimum absolute atomic E-state index is 0.0593. The van der Waals surface area contributed by atoms with Gasteiger partial charge in [0.2, 0.25) is 0 Å². The summed E-state index contributed by atoms with van der Waals surface area (Å²) < 4.78 is 5.29. The average molecular weight is 264 g/mol. The van der Waals surface area contributed by atoms with Crippen molar-refractivity contribution >= 4 is 11.9 Å². The summed E-state index contributed by atoms with van der Waals surface area (Å²) in [5.41, 5.74) is 0.0593. The van der Waals surface area contributed by atoms with Crippen LogP contribution in [0.2, 0.25) is 0 Å². The van der Waals surface area contributed by atoms with Crippen LogP contribution >= 0.6 is 0 Å². The maximum absolute atomic E-state index is 12.0. The van der Waals surface area contributed by atoms with Crippen LogP contribution in [0.4, 0.5) is 0 Å². The van der Waals surface area contributed by atoms with Crippen molar-refractivity contribution in [2.45, 2.75) is 19.4 Å². The second kappa shape index (κ2) is 7.15. The van der Waals surface area contributed by atoms with Crippen LogP contribution in [0.1, 0.15) is 23.8 Å². The van der Waals surface area contributed by atoms with Crippen molar-refractivity contribution in [3.05, 3.63) is 36.7 Å². The largest absolute Gasteiger partial charge is 0.487 e. The molecule has 1 aromatic heterocycles. The lowest BCUT2D eigenvalue weighted by atomic mass is 10.2. The van der Waals surface area contributed by atoms with E-state index in [1.165, 1.54) is 6.20 Å². The van der Waals surface area contributed by atoms with Crippen LogP contribution in [0, 0.1) is 0 Å². The highest BCUT2D eigenvalue weighted by Crippen LogP contribution is 2.15. The van der Waals surface area contributed by atoms with Gasteiger partial charge in [-0.15, -0.1) is 0 Å². The number of aliphatic carboxylic acids is 1. The Kier molecular flexibility index (Phi) is 5.53. The molecular weight excluding hydrogens is 248 g/mol. The van der Waals surface area contributed by atoms with Crippen LogP contribution in [-0.2, 0) is 4.79 Å². The van der Waals surface area contributed by atoms with E-state index in [4.69, 9.17) is 9.84 Å². The fraction of sp³-hybridized carbons (Fsp3) is 0.308. The van der Waals surface area contributed by atoms with Gasteiger partial charge in [0.15, 0.2) is 11.4 Å². The third-order valence-corrected chi connectivity index (χ3v) is 2.35. The van der Waals surface area contributed by atoms with Gasteiger partial charge in [-0.05, 0) is 18.6 Å². The Morgan fingerprint density at radius 3 is 2.95 bits per heavy atom. The van der Waals surface area contributed by atoms with E-state index in [1.54, 1.807) is 25.1 Å². The van der Waals surface area contributed by atoms with Crippen LogP contribution < -0.4 is 10.1 Å². The molecule has 0 aliphatic heterocycles. The standard InChI is InChI=1S/C13H16N2O4/c1-3-8-19-10-6-5-7-14-11(10)12(16)15-9(4-2)13(17)18/h3,5-7,9H,1,4,8H2,2H3,(H,15,16)(H,17,18). The Hall–Kier alpha value is -2.37. The topological polar surface area (TPSA) is 88.5 Å². The molecule has 0 radical (unpaired) electrons. The molecule has 1 aromatic rings. The molecule has 0 saturated carbocycles. The number of hydrogen-bond acceptors (Lipinski definition) is 4. The SMILES string of the molecule is C=CCOc1cccnc1C(=O)NC(CC)C(=O)O. The van der Waals surface area contributed by atoms with Crippen molar-refractivity contribution in [1.29, 1.82) is 0 Å². The zero-order chi connectivity index (χ0) is 14.3. The second-order valence-electron chi connectivity index (χ2n) is 3.72. The van der Waals surface area contributed by atoms with Crippen LogP contribution in [-0.4, -0.2) is 34.6 Å². The molecule has 0 spiro atoms. The Balaban J connectivity index is 2.86. The van der Waals surface area contributed by atoms with Gasteiger partial charge in [0.05, 0.1) is 0 Å². The summed E-state index contributed by atoms with van der Waals surface area (Å²) in [5.74, 6) is -1.37. The van der Waals surface area contributed by atoms with Crippen LogP contribution in [0.3, 0.4) is 0 Å². The van der Waals surface area contributed by atoms with Gasteiger partial charge in [0.1, 0.15) is 12.6 Å². The molecule has 0 aliphatic carbocycles. The number of carbonyl (C=O) groups is 2. The Bertz CT molecular complexity index is 473. The third kappa shape index (κ3) is 4.09. The summed E-state index contributed by atoms with van der Waals surface area (Å²) in [6.07, 6.45) is 3.27. The molecule has 0 aliphatic rings. The first-order chi connectivity index (χ1) is 9.10. The van der Waals surface area contributed by atoms with Gasteiger partial charge < -0.3 is 15.2 Å². The van der Waals surface area contributed by atoms with Crippen molar-refractivity contribution < 1.29 is 19.4 Å². The first kappa shape index (κ1) is 14.7. The fourth-order valence-corrected chi connectivity index (χ4v) is 1.39. The third-order valence-electron chi connectivity index (χ3n) is 2.35. The van der Waals surface area contributed by atoms with Crippen molar-refractivity contribution in [2.75, 3.05) is 6.61 Å². The molecule has 1 amide bonds. The molecule has 0 saturated heterocycles. The van der Waals surface area contributed by atoms with E-state index in [2.05, 4.69) is 16.9 Å². The summed E-state index contributed by atoms with van der Waals surface area (Å²) in [6.45, 7) is 5.42. The summed E-state index contributed by atoms with van der Waals surface area (Å²) in [7, 11) is 0.